The number of furan rings is 1. The first-order valence-corrected chi connectivity index (χ1v) is 12.5. The fourth-order valence-corrected chi connectivity index (χ4v) is 5.33. The summed E-state index contributed by atoms with van der Waals surface area (Å²) >= 11 is 0. The number of pyridine rings is 1. The van der Waals surface area contributed by atoms with Crippen molar-refractivity contribution in [2.45, 2.75) is 52.4 Å². The second kappa shape index (κ2) is 11.0. The van der Waals surface area contributed by atoms with Crippen LogP contribution in [0.3, 0.4) is 0 Å². The molecule has 5 heteroatoms. The van der Waals surface area contributed by atoms with Crippen LogP contribution in [0.4, 0.5) is 0 Å². The predicted molar refractivity (Wildman–Crippen MR) is 146 cm³/mol. The third-order valence-corrected chi connectivity index (χ3v) is 7.03. The molecule has 1 N–H and O–H groups in total. The van der Waals surface area contributed by atoms with Crippen LogP contribution in [0.5, 0.6) is 0 Å². The van der Waals surface area contributed by atoms with E-state index in [1.807, 2.05) is 24.4 Å². The summed E-state index contributed by atoms with van der Waals surface area (Å²) in [5, 5.41) is 13.0. The van der Waals surface area contributed by atoms with Crippen molar-refractivity contribution in [3.05, 3.63) is 89.8 Å². The summed E-state index contributed by atoms with van der Waals surface area (Å²) in [6.45, 7) is 7.52. The molecule has 2 atom stereocenters. The van der Waals surface area contributed by atoms with Crippen LogP contribution in [-0.4, -0.2) is 15.9 Å². The van der Waals surface area contributed by atoms with Gasteiger partial charge in [-0.05, 0) is 78.8 Å². The van der Waals surface area contributed by atoms with Gasteiger partial charge in [0.2, 0.25) is 0 Å². The van der Waals surface area contributed by atoms with Gasteiger partial charge in [0, 0.05) is 48.7 Å². The van der Waals surface area contributed by atoms with Gasteiger partial charge in [-0.25, -0.2) is 0 Å². The fraction of sp³-hybridized carbons (Fsp3) is 0.250. The number of ketones is 1. The average Bonchev–Trinajstić information content (AvgIpc) is 3.22. The van der Waals surface area contributed by atoms with E-state index in [2.05, 4.69) is 61.3 Å². The number of hydrogen-bond acceptors (Lipinski definition) is 4. The molecule has 1 aliphatic rings. The molecular weight excluding hydrogens is 639 g/mol. The molecule has 1 radical (unpaired) electrons. The van der Waals surface area contributed by atoms with Crippen molar-refractivity contribution in [2.24, 2.45) is 0 Å². The maximum atomic E-state index is 10.0. The summed E-state index contributed by atoms with van der Waals surface area (Å²) in [6, 6.07) is 22.4. The molecule has 0 bridgehead atoms. The summed E-state index contributed by atoms with van der Waals surface area (Å²) in [4.78, 5) is 14.7. The normalized spacial score (nSPS) is 17.1. The number of fused-ring (bicyclic) bond motifs is 6. The van der Waals surface area contributed by atoms with Crippen LogP contribution in [0, 0.1) is 6.07 Å². The minimum absolute atomic E-state index is 0. The predicted octanol–water partition coefficient (Wildman–Crippen LogP) is 8.64. The van der Waals surface area contributed by atoms with Gasteiger partial charge in [0.05, 0.1) is 5.76 Å². The van der Waals surface area contributed by atoms with E-state index in [9.17, 15) is 4.79 Å². The molecule has 37 heavy (non-hydrogen) atoms. The zero-order valence-electron chi connectivity index (χ0n) is 21.5. The van der Waals surface area contributed by atoms with Gasteiger partial charge in [-0.3, -0.25) is 4.79 Å². The molecule has 0 aliphatic heterocycles. The molecule has 0 saturated heterocycles. The number of benzene rings is 3. The summed E-state index contributed by atoms with van der Waals surface area (Å²) < 4.78 is 6.50. The Morgan fingerprint density at radius 2 is 1.81 bits per heavy atom. The summed E-state index contributed by atoms with van der Waals surface area (Å²) in [6.07, 6.45) is 5.52. The Bertz CT molecular complexity index is 1610. The molecule has 4 nitrogen and oxygen atoms in total. The Kier molecular flexibility index (Phi) is 7.96. The number of carbonyl (C=O) groups is 1. The van der Waals surface area contributed by atoms with Crippen LogP contribution in [0.15, 0.2) is 77.0 Å². The first kappa shape index (κ1) is 26.8. The van der Waals surface area contributed by atoms with Gasteiger partial charge in [-0.2, -0.15) is 0 Å². The van der Waals surface area contributed by atoms with Crippen molar-refractivity contribution < 1.29 is 34.4 Å². The van der Waals surface area contributed by atoms with Crippen LogP contribution < -0.4 is 0 Å². The number of rotatable bonds is 2. The Hall–Kier alpha value is -3.27. The first-order valence-electron chi connectivity index (χ1n) is 12.5. The van der Waals surface area contributed by atoms with Gasteiger partial charge in [-0.1, -0.05) is 26.0 Å². The maximum absolute atomic E-state index is 10.0. The summed E-state index contributed by atoms with van der Waals surface area (Å²) in [5.74, 6) is 1.07. The molecule has 191 valence electrons. The van der Waals surface area contributed by atoms with Gasteiger partial charge in [0.1, 0.15) is 11.2 Å². The number of hydrogen-bond donors (Lipinski definition) is 1. The molecule has 2 heterocycles. The molecule has 1 aliphatic carbocycles. The monoisotopic (exact) mass is 669 g/mol. The van der Waals surface area contributed by atoms with Crippen LogP contribution in [0.1, 0.15) is 63.5 Å². The van der Waals surface area contributed by atoms with Crippen molar-refractivity contribution in [1.29, 1.82) is 0 Å². The second-order valence-electron chi connectivity index (χ2n) is 9.83. The van der Waals surface area contributed by atoms with Crippen molar-refractivity contribution in [3.63, 3.8) is 0 Å². The minimum Gasteiger partial charge on any atom is -0.512 e. The fourth-order valence-electron chi connectivity index (χ4n) is 5.33. The van der Waals surface area contributed by atoms with E-state index >= 15 is 0 Å². The zero-order valence-corrected chi connectivity index (χ0v) is 23.9. The SMILES string of the molecule is CC(=O)/C=C(/C)O.CC1CCC(C)c2c1ccc1c2oc2cc3ccnc(-c4[c-]cccc4)c3cc21.[Ir]. The van der Waals surface area contributed by atoms with Crippen molar-refractivity contribution in [1.82, 2.24) is 4.98 Å². The van der Waals surface area contributed by atoms with E-state index in [0.717, 1.165) is 33.2 Å². The van der Waals surface area contributed by atoms with Crippen LogP contribution in [-0.2, 0) is 24.9 Å². The van der Waals surface area contributed by atoms with Crippen molar-refractivity contribution in [2.75, 3.05) is 0 Å². The summed E-state index contributed by atoms with van der Waals surface area (Å²) in [5.41, 5.74) is 6.90. The van der Waals surface area contributed by atoms with E-state index < -0.39 is 0 Å². The number of allylic oxidation sites excluding steroid dienone is 2. The Morgan fingerprint density at radius 3 is 2.49 bits per heavy atom. The molecule has 3 aromatic carbocycles. The van der Waals surface area contributed by atoms with Gasteiger partial charge in [0.25, 0.3) is 0 Å². The molecule has 0 saturated carbocycles. The number of aliphatic hydroxyl groups is 1. The van der Waals surface area contributed by atoms with E-state index in [4.69, 9.17) is 9.52 Å². The molecule has 2 aromatic heterocycles. The topological polar surface area (TPSA) is 63.3 Å². The molecule has 6 rings (SSSR count). The average molecular weight is 669 g/mol. The van der Waals surface area contributed by atoms with E-state index in [0.29, 0.717) is 11.8 Å². The zero-order chi connectivity index (χ0) is 25.4. The van der Waals surface area contributed by atoms with Gasteiger partial charge in [0.15, 0.2) is 5.78 Å². The molecule has 5 aromatic rings. The van der Waals surface area contributed by atoms with E-state index in [1.165, 1.54) is 54.7 Å². The molecule has 0 amide bonds. The molecular formula is C32H30IrNO3-. The van der Waals surface area contributed by atoms with Crippen LogP contribution >= 0.6 is 0 Å². The number of aromatic nitrogens is 1. The third kappa shape index (κ3) is 5.25. The molecule has 2 unspecified atom stereocenters. The number of nitrogens with zero attached hydrogens (tertiary/aromatic N) is 1. The van der Waals surface area contributed by atoms with Gasteiger partial charge in [-0.15, -0.1) is 35.9 Å². The van der Waals surface area contributed by atoms with Crippen molar-refractivity contribution >= 4 is 38.5 Å². The Balaban J connectivity index is 0.000000356. The third-order valence-electron chi connectivity index (χ3n) is 7.03. The van der Waals surface area contributed by atoms with Gasteiger partial charge < -0.3 is 14.5 Å². The van der Waals surface area contributed by atoms with Crippen LogP contribution in [0.25, 0.3) is 44.0 Å². The molecule has 0 spiro atoms. The largest absolute Gasteiger partial charge is 0.512 e. The minimum atomic E-state index is -0.125. The van der Waals surface area contributed by atoms with Crippen molar-refractivity contribution in [3.8, 4) is 11.3 Å². The number of carbonyl (C=O) groups excluding carboxylic acids is 1. The number of aliphatic hydroxyl groups excluding tert-OH is 1. The van der Waals surface area contributed by atoms with E-state index in [-0.39, 0.29) is 31.6 Å². The Morgan fingerprint density at radius 1 is 1.03 bits per heavy atom. The Labute approximate surface area is 230 Å². The quantitative estimate of drug-likeness (QED) is 0.116. The standard InChI is InChI=1S/C27H22NO.C5H8O2.Ir/c1-16-8-9-17(2)25-20(16)10-11-21-23-15-22-19(14-24(23)29-27(21)25)12-13-28-26(22)18-6-4-3-5-7-18;1-4(6)3-5(2)7;/h3-6,10-17H,8-9H2,1-2H3;3,6H,1-2H3;/q-1;;/b;4-3-;. The maximum Gasteiger partial charge on any atom is 0.155 e. The van der Waals surface area contributed by atoms with E-state index in [1.54, 1.807) is 0 Å². The molecule has 0 fully saturated rings. The first-order chi connectivity index (χ1) is 17.3. The van der Waals surface area contributed by atoms with Gasteiger partial charge >= 0.3 is 0 Å². The smallest absolute Gasteiger partial charge is 0.155 e. The second-order valence-corrected chi connectivity index (χ2v) is 9.83. The van der Waals surface area contributed by atoms with Crippen LogP contribution in [0.2, 0.25) is 0 Å². The summed E-state index contributed by atoms with van der Waals surface area (Å²) in [7, 11) is 0.